The molecule has 1 aliphatic heterocycles. The molecule has 9 heteroatoms. The van der Waals surface area contributed by atoms with Crippen molar-refractivity contribution >= 4 is 46.4 Å². The average molecular weight is 488 g/mol. The first kappa shape index (κ1) is 22.9. The van der Waals surface area contributed by atoms with Crippen LogP contribution in [0.4, 0.5) is 15.8 Å². The normalized spacial score (nSPS) is 15.4. The molecule has 0 saturated carbocycles. The third-order valence-corrected chi connectivity index (χ3v) is 5.85. The Kier molecular flexibility index (Phi) is 7.01. The van der Waals surface area contributed by atoms with E-state index >= 15 is 0 Å². The van der Waals surface area contributed by atoms with E-state index in [1.807, 2.05) is 30.3 Å². The SMILES string of the molecule is O=C(NNc1cc(Cl)ccc1OCc1c(F)cccc1Cl)[C@H]1CC(=O)N(c2ccccc2)C1. The van der Waals surface area contributed by atoms with E-state index in [-0.39, 0.29) is 42.0 Å². The number of carbonyl (C=O) groups is 2. The van der Waals surface area contributed by atoms with Gasteiger partial charge in [0, 0.05) is 29.2 Å². The minimum Gasteiger partial charge on any atom is -0.487 e. The van der Waals surface area contributed by atoms with Crippen LogP contribution >= 0.6 is 23.2 Å². The fraction of sp³-hybridized carbons (Fsp3) is 0.167. The van der Waals surface area contributed by atoms with Gasteiger partial charge in [-0.2, -0.15) is 0 Å². The van der Waals surface area contributed by atoms with Crippen molar-refractivity contribution in [3.63, 3.8) is 0 Å². The van der Waals surface area contributed by atoms with Gasteiger partial charge in [0.1, 0.15) is 18.2 Å². The predicted molar refractivity (Wildman–Crippen MR) is 126 cm³/mol. The predicted octanol–water partition coefficient (Wildman–Crippen LogP) is 5.21. The molecule has 0 aromatic heterocycles. The maximum absolute atomic E-state index is 14.0. The van der Waals surface area contributed by atoms with Gasteiger partial charge in [-0.15, -0.1) is 0 Å². The summed E-state index contributed by atoms with van der Waals surface area (Å²) >= 11 is 12.2. The summed E-state index contributed by atoms with van der Waals surface area (Å²) in [5, 5.41) is 0.662. The monoisotopic (exact) mass is 487 g/mol. The standard InChI is InChI=1S/C24H20Cl2FN3O3/c25-16-9-10-22(33-14-18-19(26)7-4-8-20(18)27)21(12-16)28-29-24(32)15-11-23(31)30(13-15)17-5-2-1-3-6-17/h1-10,12,15,28H,11,13-14H2,(H,29,32)/t15-/m0/s1. The highest BCUT2D eigenvalue weighted by Crippen LogP contribution is 2.30. The zero-order valence-electron chi connectivity index (χ0n) is 17.4. The van der Waals surface area contributed by atoms with Crippen molar-refractivity contribution in [2.24, 2.45) is 5.92 Å². The molecule has 6 nitrogen and oxygen atoms in total. The number of rotatable bonds is 7. The Hall–Kier alpha value is -3.29. The quantitative estimate of drug-likeness (QED) is 0.449. The van der Waals surface area contributed by atoms with Gasteiger partial charge in [0.25, 0.3) is 0 Å². The Balaban J connectivity index is 1.40. The van der Waals surface area contributed by atoms with Crippen molar-refractivity contribution in [3.8, 4) is 5.75 Å². The number of carbonyl (C=O) groups excluding carboxylic acids is 2. The molecule has 1 fully saturated rings. The van der Waals surface area contributed by atoms with Crippen LogP contribution in [0.3, 0.4) is 0 Å². The number of hydrogen-bond acceptors (Lipinski definition) is 4. The summed E-state index contributed by atoms with van der Waals surface area (Å²) in [6, 6.07) is 18.4. The summed E-state index contributed by atoms with van der Waals surface area (Å²) in [6.07, 6.45) is 0.104. The van der Waals surface area contributed by atoms with Gasteiger partial charge in [-0.3, -0.25) is 20.4 Å². The molecule has 1 heterocycles. The Morgan fingerprint density at radius 3 is 2.64 bits per heavy atom. The molecule has 2 amide bonds. The minimum absolute atomic E-state index is 0.104. The zero-order chi connectivity index (χ0) is 23.4. The number of halogens is 3. The van der Waals surface area contributed by atoms with Crippen molar-refractivity contribution in [2.75, 3.05) is 16.9 Å². The third kappa shape index (κ3) is 5.38. The second-order valence-electron chi connectivity index (χ2n) is 7.48. The van der Waals surface area contributed by atoms with Gasteiger partial charge in [-0.1, -0.05) is 47.5 Å². The lowest BCUT2D eigenvalue weighted by molar-refractivity contribution is -0.125. The smallest absolute Gasteiger partial charge is 0.243 e. The first-order chi connectivity index (χ1) is 15.9. The molecule has 33 heavy (non-hydrogen) atoms. The molecular formula is C24H20Cl2FN3O3. The Bertz CT molecular complexity index is 1160. The lowest BCUT2D eigenvalue weighted by Crippen LogP contribution is -2.36. The highest BCUT2D eigenvalue weighted by molar-refractivity contribution is 6.31. The number of ether oxygens (including phenoxy) is 1. The average Bonchev–Trinajstić information content (AvgIpc) is 3.20. The Morgan fingerprint density at radius 2 is 1.88 bits per heavy atom. The maximum atomic E-state index is 14.0. The van der Waals surface area contributed by atoms with E-state index in [4.69, 9.17) is 27.9 Å². The van der Waals surface area contributed by atoms with Crippen molar-refractivity contribution in [2.45, 2.75) is 13.0 Å². The Morgan fingerprint density at radius 1 is 1.09 bits per heavy atom. The van der Waals surface area contributed by atoms with Crippen LogP contribution in [0.15, 0.2) is 66.7 Å². The second kappa shape index (κ2) is 10.1. The van der Waals surface area contributed by atoms with Gasteiger partial charge in [-0.05, 0) is 42.5 Å². The first-order valence-corrected chi connectivity index (χ1v) is 10.9. The van der Waals surface area contributed by atoms with Crippen molar-refractivity contribution in [3.05, 3.63) is 88.2 Å². The highest BCUT2D eigenvalue weighted by Gasteiger charge is 2.35. The number of hydrazine groups is 1. The molecule has 1 atom stereocenters. The minimum atomic E-state index is -0.522. The molecule has 4 rings (SSSR count). The number of nitrogens with zero attached hydrogens (tertiary/aromatic N) is 1. The van der Waals surface area contributed by atoms with Gasteiger partial charge in [0.2, 0.25) is 11.8 Å². The number of para-hydroxylation sites is 1. The summed E-state index contributed by atoms with van der Waals surface area (Å²) in [7, 11) is 0. The highest BCUT2D eigenvalue weighted by atomic mass is 35.5. The zero-order valence-corrected chi connectivity index (χ0v) is 18.9. The molecule has 2 N–H and O–H groups in total. The van der Waals surface area contributed by atoms with Crippen molar-refractivity contribution < 1.29 is 18.7 Å². The van der Waals surface area contributed by atoms with Gasteiger partial charge >= 0.3 is 0 Å². The van der Waals surface area contributed by atoms with Gasteiger partial charge < -0.3 is 9.64 Å². The molecule has 1 aliphatic rings. The maximum Gasteiger partial charge on any atom is 0.243 e. The number of amides is 2. The molecular weight excluding hydrogens is 468 g/mol. The summed E-state index contributed by atoms with van der Waals surface area (Å²) in [6.45, 7) is 0.167. The topological polar surface area (TPSA) is 70.7 Å². The molecule has 3 aromatic carbocycles. The van der Waals surface area contributed by atoms with Crippen LogP contribution in [-0.2, 0) is 16.2 Å². The largest absolute Gasteiger partial charge is 0.487 e. The summed E-state index contributed by atoms with van der Waals surface area (Å²) in [5.74, 6) is -1.12. The molecule has 1 saturated heterocycles. The molecule has 170 valence electrons. The summed E-state index contributed by atoms with van der Waals surface area (Å²) < 4.78 is 19.8. The van der Waals surface area contributed by atoms with E-state index in [1.165, 1.54) is 12.1 Å². The van der Waals surface area contributed by atoms with Crippen LogP contribution in [0.25, 0.3) is 0 Å². The number of nitrogens with one attached hydrogen (secondary N) is 2. The number of anilines is 2. The van der Waals surface area contributed by atoms with E-state index in [9.17, 15) is 14.0 Å². The number of benzene rings is 3. The van der Waals surface area contributed by atoms with Crippen molar-refractivity contribution in [1.29, 1.82) is 0 Å². The molecule has 0 bridgehead atoms. The molecule has 0 aliphatic carbocycles. The lowest BCUT2D eigenvalue weighted by atomic mass is 10.1. The van der Waals surface area contributed by atoms with Gasteiger partial charge in [0.05, 0.1) is 16.6 Å². The van der Waals surface area contributed by atoms with E-state index < -0.39 is 11.7 Å². The molecule has 0 unspecified atom stereocenters. The van der Waals surface area contributed by atoms with Crippen LogP contribution in [0.5, 0.6) is 5.75 Å². The summed E-state index contributed by atoms with van der Waals surface area (Å²) in [5.41, 5.74) is 6.77. The van der Waals surface area contributed by atoms with Crippen LogP contribution in [-0.4, -0.2) is 18.4 Å². The first-order valence-electron chi connectivity index (χ1n) is 10.2. The van der Waals surface area contributed by atoms with Crippen LogP contribution in [0, 0.1) is 11.7 Å². The van der Waals surface area contributed by atoms with Crippen LogP contribution in [0.2, 0.25) is 10.0 Å². The fourth-order valence-corrected chi connectivity index (χ4v) is 3.91. The molecule has 0 radical (unpaired) electrons. The molecule has 0 spiro atoms. The van der Waals surface area contributed by atoms with E-state index in [2.05, 4.69) is 10.9 Å². The van der Waals surface area contributed by atoms with Gasteiger partial charge in [-0.25, -0.2) is 4.39 Å². The second-order valence-corrected chi connectivity index (χ2v) is 8.33. The van der Waals surface area contributed by atoms with Gasteiger partial charge in [0.15, 0.2) is 0 Å². The van der Waals surface area contributed by atoms with Crippen LogP contribution < -0.4 is 20.5 Å². The van der Waals surface area contributed by atoms with E-state index in [1.54, 1.807) is 29.2 Å². The van der Waals surface area contributed by atoms with Crippen LogP contribution in [0.1, 0.15) is 12.0 Å². The van der Waals surface area contributed by atoms with Crippen molar-refractivity contribution in [1.82, 2.24) is 5.43 Å². The van der Waals surface area contributed by atoms with E-state index in [0.29, 0.717) is 16.5 Å². The number of hydrogen-bond donors (Lipinski definition) is 2. The Labute approximate surface area is 200 Å². The molecule has 3 aromatic rings. The van der Waals surface area contributed by atoms with E-state index in [0.717, 1.165) is 5.69 Å². The third-order valence-electron chi connectivity index (χ3n) is 5.26. The lowest BCUT2D eigenvalue weighted by Gasteiger charge is -2.18. The summed E-state index contributed by atoms with van der Waals surface area (Å²) in [4.78, 5) is 26.7. The fourth-order valence-electron chi connectivity index (χ4n) is 3.52.